The van der Waals surface area contributed by atoms with E-state index >= 15 is 0 Å². The van der Waals surface area contributed by atoms with Crippen molar-refractivity contribution < 1.29 is 14.6 Å². The molecule has 18 heavy (non-hydrogen) atoms. The number of aromatic carboxylic acids is 1. The minimum Gasteiger partial charge on any atom is -0.497 e. The molecule has 4 nitrogen and oxygen atoms in total. The van der Waals surface area contributed by atoms with Crippen LogP contribution in [0.3, 0.4) is 0 Å². The van der Waals surface area contributed by atoms with Gasteiger partial charge in [0, 0.05) is 12.6 Å². The second-order valence-corrected chi connectivity index (χ2v) is 4.48. The van der Waals surface area contributed by atoms with Gasteiger partial charge in [0.05, 0.1) is 18.4 Å². The summed E-state index contributed by atoms with van der Waals surface area (Å²) in [7, 11) is 1.55. The van der Waals surface area contributed by atoms with E-state index in [1.807, 2.05) is 16.8 Å². The zero-order chi connectivity index (χ0) is 13.0. The minimum absolute atomic E-state index is 0.242. The maximum absolute atomic E-state index is 11.1. The maximum atomic E-state index is 11.1. The lowest BCUT2D eigenvalue weighted by atomic mass is 10.1. The molecule has 94 valence electrons. The molecule has 0 aliphatic heterocycles. The molecule has 1 aromatic heterocycles. The largest absolute Gasteiger partial charge is 0.497 e. The van der Waals surface area contributed by atoms with Crippen LogP contribution in [0.1, 0.15) is 15.9 Å². The summed E-state index contributed by atoms with van der Waals surface area (Å²) < 4.78 is 5.10. The summed E-state index contributed by atoms with van der Waals surface area (Å²) in [6, 6.07) is 6.87. The molecule has 2 aromatic rings. The van der Waals surface area contributed by atoms with Gasteiger partial charge in [-0.1, -0.05) is 0 Å². The van der Waals surface area contributed by atoms with Gasteiger partial charge in [-0.05, 0) is 34.5 Å². The smallest absolute Gasteiger partial charge is 0.337 e. The minimum atomic E-state index is -0.953. The average Bonchev–Trinajstić information content (AvgIpc) is 2.88. The number of thiophene rings is 1. The van der Waals surface area contributed by atoms with Crippen LogP contribution in [0.4, 0.5) is 5.69 Å². The molecule has 2 rings (SSSR count). The summed E-state index contributed by atoms with van der Waals surface area (Å²) in [6.07, 6.45) is 0. The lowest BCUT2D eigenvalue weighted by Crippen LogP contribution is -2.06. The summed E-state index contributed by atoms with van der Waals surface area (Å²) in [6.45, 7) is 0.594. The number of benzene rings is 1. The van der Waals surface area contributed by atoms with E-state index in [1.54, 1.807) is 30.6 Å². The predicted octanol–water partition coefficient (Wildman–Crippen LogP) is 3.07. The summed E-state index contributed by atoms with van der Waals surface area (Å²) in [5.74, 6) is -0.321. The molecule has 0 atom stereocenters. The lowest BCUT2D eigenvalue weighted by molar-refractivity contribution is 0.0698. The third-order valence-electron chi connectivity index (χ3n) is 2.52. The summed E-state index contributed by atoms with van der Waals surface area (Å²) in [5, 5.41) is 16.2. The normalized spacial score (nSPS) is 10.1. The number of carboxylic acid groups (broad SMARTS) is 1. The third kappa shape index (κ3) is 2.81. The number of carbonyl (C=O) groups is 1. The van der Waals surface area contributed by atoms with Crippen LogP contribution >= 0.6 is 11.3 Å². The van der Waals surface area contributed by atoms with E-state index in [4.69, 9.17) is 9.84 Å². The van der Waals surface area contributed by atoms with Gasteiger partial charge in [-0.15, -0.1) is 0 Å². The Labute approximate surface area is 109 Å². The van der Waals surface area contributed by atoms with E-state index in [0.29, 0.717) is 18.0 Å². The van der Waals surface area contributed by atoms with Crippen LogP contribution in [0, 0.1) is 0 Å². The Morgan fingerprint density at radius 3 is 2.89 bits per heavy atom. The lowest BCUT2D eigenvalue weighted by Gasteiger charge is -2.10. The first-order valence-electron chi connectivity index (χ1n) is 5.37. The van der Waals surface area contributed by atoms with Crippen molar-refractivity contribution in [1.82, 2.24) is 0 Å². The van der Waals surface area contributed by atoms with E-state index in [9.17, 15) is 4.79 Å². The topological polar surface area (TPSA) is 58.6 Å². The third-order valence-corrected chi connectivity index (χ3v) is 3.25. The Bertz CT molecular complexity index is 537. The van der Waals surface area contributed by atoms with E-state index in [1.165, 1.54) is 6.07 Å². The van der Waals surface area contributed by atoms with Crippen LogP contribution in [0.2, 0.25) is 0 Å². The first-order chi connectivity index (χ1) is 8.70. The van der Waals surface area contributed by atoms with Crippen LogP contribution < -0.4 is 10.1 Å². The molecule has 2 N–H and O–H groups in total. The molecule has 0 saturated carbocycles. The molecule has 0 radical (unpaired) electrons. The van der Waals surface area contributed by atoms with Gasteiger partial charge < -0.3 is 15.2 Å². The van der Waals surface area contributed by atoms with Gasteiger partial charge in [-0.3, -0.25) is 0 Å². The summed E-state index contributed by atoms with van der Waals surface area (Å²) in [4.78, 5) is 11.1. The van der Waals surface area contributed by atoms with Gasteiger partial charge in [-0.25, -0.2) is 4.79 Å². The molecular weight excluding hydrogens is 250 g/mol. The van der Waals surface area contributed by atoms with Gasteiger partial charge in [0.25, 0.3) is 0 Å². The number of anilines is 1. The first kappa shape index (κ1) is 12.4. The predicted molar refractivity (Wildman–Crippen MR) is 71.6 cm³/mol. The number of nitrogens with one attached hydrogen (secondary N) is 1. The number of carboxylic acids is 1. The van der Waals surface area contributed by atoms with Crippen molar-refractivity contribution >= 4 is 23.0 Å². The second kappa shape index (κ2) is 5.55. The molecule has 5 heteroatoms. The molecule has 0 aliphatic carbocycles. The molecular formula is C13H13NO3S. The zero-order valence-corrected chi connectivity index (χ0v) is 10.7. The van der Waals surface area contributed by atoms with Gasteiger partial charge in [0.2, 0.25) is 0 Å². The highest BCUT2D eigenvalue weighted by Crippen LogP contribution is 2.23. The average molecular weight is 263 g/mol. The van der Waals surface area contributed by atoms with Crippen LogP contribution in [0.25, 0.3) is 0 Å². The van der Waals surface area contributed by atoms with Gasteiger partial charge >= 0.3 is 5.97 Å². The quantitative estimate of drug-likeness (QED) is 0.870. The van der Waals surface area contributed by atoms with Gasteiger partial charge in [0.15, 0.2) is 0 Å². The van der Waals surface area contributed by atoms with Gasteiger partial charge in [0.1, 0.15) is 5.75 Å². The molecule has 1 aromatic carbocycles. The molecule has 0 amide bonds. The standard InChI is InChI=1S/C13H13NO3S/c1-17-10-2-3-11(13(15)16)12(6-10)14-7-9-4-5-18-8-9/h2-6,8,14H,7H2,1H3,(H,15,16). The SMILES string of the molecule is COc1ccc(C(=O)O)c(NCc2ccsc2)c1. The fourth-order valence-electron chi connectivity index (χ4n) is 1.57. The monoisotopic (exact) mass is 263 g/mol. The van der Waals surface area contributed by atoms with Crippen molar-refractivity contribution in [3.8, 4) is 5.75 Å². The fourth-order valence-corrected chi connectivity index (χ4v) is 2.24. The zero-order valence-electron chi connectivity index (χ0n) is 9.84. The van der Waals surface area contributed by atoms with E-state index < -0.39 is 5.97 Å². The van der Waals surface area contributed by atoms with Crippen molar-refractivity contribution in [3.05, 3.63) is 46.2 Å². The highest BCUT2D eigenvalue weighted by molar-refractivity contribution is 7.07. The van der Waals surface area contributed by atoms with Crippen LogP contribution in [0.5, 0.6) is 5.75 Å². The second-order valence-electron chi connectivity index (χ2n) is 3.70. The molecule has 0 fully saturated rings. The number of hydrogen-bond donors (Lipinski definition) is 2. The Morgan fingerprint density at radius 2 is 2.28 bits per heavy atom. The Kier molecular flexibility index (Phi) is 3.84. The maximum Gasteiger partial charge on any atom is 0.337 e. The molecule has 0 aliphatic rings. The van der Waals surface area contributed by atoms with E-state index in [0.717, 1.165) is 5.56 Å². The molecule has 0 bridgehead atoms. The van der Waals surface area contributed by atoms with Gasteiger partial charge in [-0.2, -0.15) is 11.3 Å². The van der Waals surface area contributed by atoms with E-state index in [2.05, 4.69) is 5.32 Å². The molecule has 0 spiro atoms. The molecule has 0 saturated heterocycles. The van der Waals surface area contributed by atoms with Crippen LogP contribution in [0.15, 0.2) is 35.0 Å². The Balaban J connectivity index is 2.20. The van der Waals surface area contributed by atoms with Crippen molar-refractivity contribution in [2.24, 2.45) is 0 Å². The number of rotatable bonds is 5. The first-order valence-corrected chi connectivity index (χ1v) is 6.31. The van der Waals surface area contributed by atoms with Crippen molar-refractivity contribution in [1.29, 1.82) is 0 Å². The highest BCUT2D eigenvalue weighted by atomic mass is 32.1. The number of ether oxygens (including phenoxy) is 1. The van der Waals surface area contributed by atoms with E-state index in [-0.39, 0.29) is 5.56 Å². The van der Waals surface area contributed by atoms with Crippen molar-refractivity contribution in [3.63, 3.8) is 0 Å². The van der Waals surface area contributed by atoms with Crippen molar-refractivity contribution in [2.75, 3.05) is 12.4 Å². The van der Waals surface area contributed by atoms with Crippen LogP contribution in [-0.4, -0.2) is 18.2 Å². The summed E-state index contributed by atoms with van der Waals surface area (Å²) in [5.41, 5.74) is 1.93. The number of methoxy groups -OCH3 is 1. The van der Waals surface area contributed by atoms with Crippen molar-refractivity contribution in [2.45, 2.75) is 6.54 Å². The molecule has 1 heterocycles. The number of hydrogen-bond acceptors (Lipinski definition) is 4. The Hall–Kier alpha value is -2.01. The highest BCUT2D eigenvalue weighted by Gasteiger charge is 2.10. The summed E-state index contributed by atoms with van der Waals surface area (Å²) >= 11 is 1.61. The van der Waals surface area contributed by atoms with Crippen LogP contribution in [-0.2, 0) is 6.54 Å². The molecule has 0 unspecified atom stereocenters. The fraction of sp³-hybridized carbons (Fsp3) is 0.154. The Morgan fingerprint density at radius 1 is 1.44 bits per heavy atom.